The minimum atomic E-state index is -0.268. The third kappa shape index (κ3) is 3.71. The normalized spacial score (nSPS) is 11.7. The lowest BCUT2D eigenvalue weighted by molar-refractivity contribution is 0.218. The fourth-order valence-corrected chi connectivity index (χ4v) is 1.37. The Balaban J connectivity index is 2.66. The number of nitrogens with one attached hydrogen (secondary N) is 1. The molecule has 1 aromatic carbocycles. The molecule has 4 nitrogen and oxygen atoms in total. The van der Waals surface area contributed by atoms with Gasteiger partial charge in [-0.15, -0.1) is 0 Å². The van der Waals surface area contributed by atoms with E-state index in [2.05, 4.69) is 5.32 Å². The molecule has 0 fully saturated rings. The Morgan fingerprint density at radius 3 is 2.41 bits per heavy atom. The van der Waals surface area contributed by atoms with Crippen LogP contribution in [0.3, 0.4) is 0 Å². The smallest absolute Gasteiger partial charge is 0.322 e. The predicted molar refractivity (Wildman–Crippen MR) is 74.2 cm³/mol. The van der Waals surface area contributed by atoms with Crippen molar-refractivity contribution in [2.75, 3.05) is 12.4 Å². The molecule has 5 heteroatoms. The summed E-state index contributed by atoms with van der Waals surface area (Å²) >= 11 is 4.85. The summed E-state index contributed by atoms with van der Waals surface area (Å²) in [4.78, 5) is 13.6. The van der Waals surface area contributed by atoms with E-state index in [4.69, 9.17) is 18.0 Å². The minimum absolute atomic E-state index is 0.228. The van der Waals surface area contributed by atoms with Crippen LogP contribution in [-0.2, 0) is 0 Å². The maximum Gasteiger partial charge on any atom is 0.322 e. The Bertz CT molecular complexity index is 416. The van der Waals surface area contributed by atoms with Gasteiger partial charge < -0.3 is 16.0 Å². The lowest BCUT2D eigenvalue weighted by Crippen LogP contribution is -2.44. The standard InChI is InChI=1S/C12H17N3OS/c1-8-4-6-10(7-5-8)14-12(16)15(3)9(2)11(13)17/h4-7,9H,1-3H3,(H2,13,17)(H,14,16). The molecule has 92 valence electrons. The van der Waals surface area contributed by atoms with Crippen molar-refractivity contribution in [1.29, 1.82) is 0 Å². The number of rotatable bonds is 3. The fourth-order valence-electron chi connectivity index (χ4n) is 1.22. The van der Waals surface area contributed by atoms with Crippen LogP contribution in [0.25, 0.3) is 0 Å². The zero-order valence-corrected chi connectivity index (χ0v) is 11.0. The van der Waals surface area contributed by atoms with Gasteiger partial charge in [0.25, 0.3) is 0 Å². The zero-order valence-electron chi connectivity index (χ0n) is 10.2. The second kappa shape index (κ2) is 5.63. The van der Waals surface area contributed by atoms with E-state index < -0.39 is 0 Å². The average molecular weight is 251 g/mol. The van der Waals surface area contributed by atoms with Gasteiger partial charge in [0.05, 0.1) is 11.0 Å². The largest absolute Gasteiger partial charge is 0.392 e. The molecule has 0 aromatic heterocycles. The van der Waals surface area contributed by atoms with Crippen LogP contribution in [-0.4, -0.2) is 29.0 Å². The highest BCUT2D eigenvalue weighted by Gasteiger charge is 2.17. The molecule has 0 saturated heterocycles. The molecular formula is C12H17N3OS. The van der Waals surface area contributed by atoms with Crippen LogP contribution in [0.2, 0.25) is 0 Å². The van der Waals surface area contributed by atoms with Gasteiger partial charge in [-0.25, -0.2) is 4.79 Å². The van der Waals surface area contributed by atoms with E-state index in [1.807, 2.05) is 31.2 Å². The fraction of sp³-hybridized carbons (Fsp3) is 0.333. The lowest BCUT2D eigenvalue weighted by atomic mass is 10.2. The van der Waals surface area contributed by atoms with Crippen LogP contribution >= 0.6 is 12.2 Å². The quantitative estimate of drug-likeness (QED) is 0.809. The second-order valence-electron chi connectivity index (χ2n) is 3.99. The molecule has 17 heavy (non-hydrogen) atoms. The number of thiocarbonyl (C=S) groups is 1. The summed E-state index contributed by atoms with van der Waals surface area (Å²) in [6.45, 7) is 3.78. The van der Waals surface area contributed by atoms with Crippen LogP contribution in [0.15, 0.2) is 24.3 Å². The molecule has 2 amide bonds. The van der Waals surface area contributed by atoms with Crippen LogP contribution in [0.1, 0.15) is 12.5 Å². The molecule has 0 aliphatic carbocycles. The first-order chi connectivity index (χ1) is 7.91. The number of hydrogen-bond acceptors (Lipinski definition) is 2. The summed E-state index contributed by atoms with van der Waals surface area (Å²) in [5, 5.41) is 2.78. The maximum atomic E-state index is 11.8. The Kier molecular flexibility index (Phi) is 4.45. The van der Waals surface area contributed by atoms with E-state index in [9.17, 15) is 4.79 Å². The Labute approximate surface area is 107 Å². The summed E-state index contributed by atoms with van der Waals surface area (Å²) in [5.74, 6) is 0. The topological polar surface area (TPSA) is 58.4 Å². The highest BCUT2D eigenvalue weighted by molar-refractivity contribution is 7.80. The van der Waals surface area contributed by atoms with Crippen LogP contribution in [0.5, 0.6) is 0 Å². The van der Waals surface area contributed by atoms with Crippen LogP contribution < -0.4 is 11.1 Å². The van der Waals surface area contributed by atoms with Crippen molar-refractivity contribution in [1.82, 2.24) is 4.90 Å². The van der Waals surface area contributed by atoms with Crippen LogP contribution in [0, 0.1) is 6.92 Å². The number of hydrogen-bond donors (Lipinski definition) is 2. The van der Waals surface area contributed by atoms with E-state index in [1.165, 1.54) is 4.90 Å². The van der Waals surface area contributed by atoms with Gasteiger partial charge in [-0.3, -0.25) is 0 Å². The number of anilines is 1. The van der Waals surface area contributed by atoms with Gasteiger partial charge in [0.2, 0.25) is 0 Å². The van der Waals surface area contributed by atoms with Crippen LogP contribution in [0.4, 0.5) is 10.5 Å². The Hall–Kier alpha value is -1.62. The molecule has 1 atom stereocenters. The number of amides is 2. The maximum absolute atomic E-state index is 11.8. The van der Waals surface area contributed by atoms with E-state index in [0.717, 1.165) is 11.3 Å². The first kappa shape index (κ1) is 13.4. The number of urea groups is 1. The summed E-state index contributed by atoms with van der Waals surface area (Å²) in [6, 6.07) is 7.09. The van der Waals surface area contributed by atoms with Gasteiger partial charge in [-0.2, -0.15) is 0 Å². The van der Waals surface area contributed by atoms with Crippen molar-refractivity contribution in [3.05, 3.63) is 29.8 Å². The summed E-state index contributed by atoms with van der Waals surface area (Å²) in [6.07, 6.45) is 0. The summed E-state index contributed by atoms with van der Waals surface area (Å²) in [7, 11) is 1.66. The molecule has 0 aliphatic rings. The number of carbonyl (C=O) groups is 1. The SMILES string of the molecule is Cc1ccc(NC(=O)N(C)C(C)C(N)=S)cc1. The Morgan fingerprint density at radius 2 is 1.94 bits per heavy atom. The molecule has 0 spiro atoms. The molecule has 1 aromatic rings. The molecule has 0 saturated carbocycles. The first-order valence-electron chi connectivity index (χ1n) is 5.31. The average Bonchev–Trinajstić information content (AvgIpc) is 2.30. The molecule has 0 aliphatic heterocycles. The van der Waals surface area contributed by atoms with Crippen molar-refractivity contribution in [3.8, 4) is 0 Å². The first-order valence-corrected chi connectivity index (χ1v) is 5.72. The number of aryl methyl sites for hydroxylation is 1. The van der Waals surface area contributed by atoms with E-state index in [-0.39, 0.29) is 12.1 Å². The van der Waals surface area contributed by atoms with E-state index in [0.29, 0.717) is 4.99 Å². The van der Waals surface area contributed by atoms with Crippen molar-refractivity contribution in [3.63, 3.8) is 0 Å². The lowest BCUT2D eigenvalue weighted by Gasteiger charge is -2.24. The van der Waals surface area contributed by atoms with Crippen molar-refractivity contribution < 1.29 is 4.79 Å². The number of nitrogens with zero attached hydrogens (tertiary/aromatic N) is 1. The highest BCUT2D eigenvalue weighted by Crippen LogP contribution is 2.10. The molecule has 1 unspecified atom stereocenters. The van der Waals surface area contributed by atoms with Gasteiger partial charge >= 0.3 is 6.03 Å². The molecule has 0 bridgehead atoms. The number of nitrogens with two attached hydrogens (primary N) is 1. The number of carbonyl (C=O) groups excluding carboxylic acids is 1. The zero-order chi connectivity index (χ0) is 13.0. The van der Waals surface area contributed by atoms with Gasteiger partial charge in [0.15, 0.2) is 0 Å². The van der Waals surface area contributed by atoms with Crippen molar-refractivity contribution in [2.45, 2.75) is 19.9 Å². The molecule has 0 radical (unpaired) electrons. The molecule has 1 rings (SSSR count). The van der Waals surface area contributed by atoms with Gasteiger partial charge in [-0.1, -0.05) is 29.9 Å². The number of benzene rings is 1. The van der Waals surface area contributed by atoms with E-state index in [1.54, 1.807) is 14.0 Å². The monoisotopic (exact) mass is 251 g/mol. The number of likely N-dealkylation sites (N-methyl/N-ethyl adjacent to an activating group) is 1. The third-order valence-electron chi connectivity index (χ3n) is 2.62. The van der Waals surface area contributed by atoms with Crippen molar-refractivity contribution in [2.24, 2.45) is 5.73 Å². The predicted octanol–water partition coefficient (Wildman–Crippen LogP) is 2.13. The minimum Gasteiger partial charge on any atom is -0.392 e. The highest BCUT2D eigenvalue weighted by atomic mass is 32.1. The van der Waals surface area contributed by atoms with Gasteiger partial charge in [-0.05, 0) is 26.0 Å². The van der Waals surface area contributed by atoms with Gasteiger partial charge in [0.1, 0.15) is 0 Å². The van der Waals surface area contributed by atoms with Gasteiger partial charge in [0, 0.05) is 12.7 Å². The summed E-state index contributed by atoms with van der Waals surface area (Å²) < 4.78 is 0. The second-order valence-corrected chi connectivity index (χ2v) is 4.46. The third-order valence-corrected chi connectivity index (χ3v) is 2.96. The summed E-state index contributed by atoms with van der Waals surface area (Å²) in [5.41, 5.74) is 7.40. The molecule has 0 heterocycles. The molecule has 3 N–H and O–H groups in total. The Morgan fingerprint density at radius 1 is 1.41 bits per heavy atom. The van der Waals surface area contributed by atoms with E-state index >= 15 is 0 Å². The molecular weight excluding hydrogens is 234 g/mol. The van der Waals surface area contributed by atoms with Crippen molar-refractivity contribution >= 4 is 28.9 Å².